The second-order valence-corrected chi connectivity index (χ2v) is 10.1. The molecule has 0 radical (unpaired) electrons. The van der Waals surface area contributed by atoms with Crippen LogP contribution >= 0.6 is 11.3 Å². The number of likely N-dealkylation sites (N-methyl/N-ethyl adjacent to an activating group) is 1. The first-order chi connectivity index (χ1) is 17.1. The van der Waals surface area contributed by atoms with Gasteiger partial charge in [0, 0.05) is 47.4 Å². The number of thiazole rings is 1. The summed E-state index contributed by atoms with van der Waals surface area (Å²) in [7, 11) is 0. The molecule has 1 amide bonds. The highest BCUT2D eigenvalue weighted by molar-refractivity contribution is 7.21. The average Bonchev–Trinajstić information content (AvgIpc) is 3.30. The summed E-state index contributed by atoms with van der Waals surface area (Å²) in [6.45, 7) is 6.94. The highest BCUT2D eigenvalue weighted by atomic mass is 32.1. The zero-order chi connectivity index (χ0) is 23.9. The van der Waals surface area contributed by atoms with Crippen LogP contribution in [0.3, 0.4) is 0 Å². The van der Waals surface area contributed by atoms with E-state index in [9.17, 15) is 4.79 Å². The van der Waals surface area contributed by atoms with Crippen molar-refractivity contribution in [2.75, 3.05) is 18.4 Å². The summed E-state index contributed by atoms with van der Waals surface area (Å²) >= 11 is 1.69. The summed E-state index contributed by atoms with van der Waals surface area (Å²) in [6.07, 6.45) is 0.866. The number of nitrogens with zero attached hydrogens (tertiary/aromatic N) is 3. The Morgan fingerprint density at radius 1 is 1.03 bits per heavy atom. The number of rotatable bonds is 4. The number of aryl methyl sites for hydroxylation is 1. The molecule has 0 atom stereocenters. The number of nitrogens with one attached hydrogen (secondary N) is 1. The Balaban J connectivity index is 1.32. The predicted molar refractivity (Wildman–Crippen MR) is 144 cm³/mol. The van der Waals surface area contributed by atoms with E-state index >= 15 is 0 Å². The molecule has 0 fully saturated rings. The summed E-state index contributed by atoms with van der Waals surface area (Å²) in [5.41, 5.74) is 7.79. The Morgan fingerprint density at radius 2 is 1.86 bits per heavy atom. The number of fused-ring (bicyclic) bond motifs is 3. The second kappa shape index (κ2) is 8.87. The molecule has 35 heavy (non-hydrogen) atoms. The first-order valence-corrected chi connectivity index (χ1v) is 12.8. The van der Waals surface area contributed by atoms with Gasteiger partial charge in [-0.25, -0.2) is 4.98 Å². The van der Waals surface area contributed by atoms with Crippen molar-refractivity contribution in [3.63, 3.8) is 0 Å². The quantitative estimate of drug-likeness (QED) is 0.322. The van der Waals surface area contributed by atoms with Crippen molar-refractivity contribution >= 4 is 44.1 Å². The van der Waals surface area contributed by atoms with E-state index in [1.54, 1.807) is 11.3 Å². The molecule has 0 aliphatic carbocycles. The van der Waals surface area contributed by atoms with Gasteiger partial charge in [-0.15, -0.1) is 11.3 Å². The molecular formula is C29H26N4OS. The maximum atomic E-state index is 13.6. The van der Waals surface area contributed by atoms with Gasteiger partial charge in [0.05, 0.1) is 21.3 Å². The number of aromatic nitrogens is 2. The van der Waals surface area contributed by atoms with E-state index in [1.165, 1.54) is 10.3 Å². The topological polar surface area (TPSA) is 58.1 Å². The maximum absolute atomic E-state index is 13.6. The predicted octanol–water partition coefficient (Wildman–Crippen LogP) is 6.45. The molecule has 5 nitrogen and oxygen atoms in total. The third-order valence-corrected chi connectivity index (χ3v) is 7.80. The summed E-state index contributed by atoms with van der Waals surface area (Å²) in [5.74, 6) is -0.0824. The Morgan fingerprint density at radius 3 is 2.69 bits per heavy atom. The number of anilines is 1. The maximum Gasteiger partial charge on any atom is 0.256 e. The van der Waals surface area contributed by atoms with Gasteiger partial charge in [0.15, 0.2) is 0 Å². The summed E-state index contributed by atoms with van der Waals surface area (Å²) in [5, 5.41) is 5.03. The van der Waals surface area contributed by atoms with Crippen LogP contribution in [0.5, 0.6) is 0 Å². The van der Waals surface area contributed by atoms with Crippen LogP contribution in [0.4, 0.5) is 5.69 Å². The van der Waals surface area contributed by atoms with Gasteiger partial charge in [-0.3, -0.25) is 14.7 Å². The van der Waals surface area contributed by atoms with Gasteiger partial charge in [-0.1, -0.05) is 31.2 Å². The fourth-order valence-electron chi connectivity index (χ4n) is 4.82. The number of hydrogen-bond acceptors (Lipinski definition) is 5. The van der Waals surface area contributed by atoms with Crippen LogP contribution in [-0.4, -0.2) is 33.9 Å². The van der Waals surface area contributed by atoms with Crippen molar-refractivity contribution in [2.24, 2.45) is 0 Å². The average molecular weight is 479 g/mol. The fraction of sp³-hybridized carbons (Fsp3) is 0.207. The van der Waals surface area contributed by atoms with Crippen molar-refractivity contribution < 1.29 is 4.79 Å². The van der Waals surface area contributed by atoms with Crippen LogP contribution in [0.15, 0.2) is 66.7 Å². The zero-order valence-corrected chi connectivity index (χ0v) is 20.7. The van der Waals surface area contributed by atoms with Crippen molar-refractivity contribution in [3.05, 3.63) is 89.1 Å². The highest BCUT2D eigenvalue weighted by Crippen LogP contribution is 2.32. The number of hydrogen-bond donors (Lipinski definition) is 1. The number of carbonyl (C=O) groups is 1. The normalized spacial score (nSPS) is 13.8. The molecule has 0 saturated heterocycles. The molecule has 1 N–H and O–H groups in total. The Hall–Kier alpha value is -3.61. The highest BCUT2D eigenvalue weighted by Gasteiger charge is 2.25. The summed E-state index contributed by atoms with van der Waals surface area (Å²) in [4.78, 5) is 25.7. The molecule has 0 spiro atoms. The molecule has 6 heteroatoms. The molecule has 1 aliphatic heterocycles. The van der Waals surface area contributed by atoms with Crippen LogP contribution in [0.25, 0.3) is 31.7 Å². The van der Waals surface area contributed by atoms with E-state index in [1.807, 2.05) is 48.5 Å². The van der Waals surface area contributed by atoms with Gasteiger partial charge < -0.3 is 5.32 Å². The molecular weight excluding hydrogens is 452 g/mol. The Bertz CT molecular complexity index is 1570. The molecule has 6 rings (SSSR count). The standard InChI is InChI=1S/C29H26N4OS/c1-3-33-15-14-24-22(17-33)27(21-6-4-5-7-23(21)31-24)28(34)30-20-11-9-19(10-12-20)29-32-25-13-8-18(2)16-26(25)35-29/h4-13,16H,3,14-15,17H2,1-2H3,(H,30,34). The van der Waals surface area contributed by atoms with Crippen LogP contribution in [-0.2, 0) is 13.0 Å². The zero-order valence-electron chi connectivity index (χ0n) is 19.8. The van der Waals surface area contributed by atoms with Crippen LogP contribution in [0, 0.1) is 6.92 Å². The largest absolute Gasteiger partial charge is 0.322 e. The summed E-state index contributed by atoms with van der Waals surface area (Å²) < 4.78 is 1.19. The van der Waals surface area contributed by atoms with Crippen LogP contribution in [0.2, 0.25) is 0 Å². The Kier molecular flexibility index (Phi) is 5.55. The minimum Gasteiger partial charge on any atom is -0.322 e. The van der Waals surface area contributed by atoms with Gasteiger partial charge in [0.1, 0.15) is 5.01 Å². The number of benzene rings is 3. The van der Waals surface area contributed by atoms with Crippen LogP contribution < -0.4 is 5.32 Å². The first kappa shape index (κ1) is 21.9. The van der Waals surface area contributed by atoms with Gasteiger partial charge in [-0.2, -0.15) is 0 Å². The van der Waals surface area contributed by atoms with Gasteiger partial charge >= 0.3 is 0 Å². The molecule has 3 aromatic carbocycles. The van der Waals surface area contributed by atoms with E-state index < -0.39 is 0 Å². The molecule has 0 saturated carbocycles. The van der Waals surface area contributed by atoms with Crippen LogP contribution in [0.1, 0.15) is 34.1 Å². The van der Waals surface area contributed by atoms with Crippen molar-refractivity contribution in [1.82, 2.24) is 14.9 Å². The van der Waals surface area contributed by atoms with Crippen molar-refractivity contribution in [2.45, 2.75) is 26.8 Å². The third kappa shape index (κ3) is 4.09. The van der Waals surface area contributed by atoms with E-state index in [-0.39, 0.29) is 5.91 Å². The number of pyridine rings is 1. The minimum absolute atomic E-state index is 0.0824. The molecule has 5 aromatic rings. The molecule has 0 bridgehead atoms. The lowest BCUT2D eigenvalue weighted by Gasteiger charge is -2.29. The molecule has 174 valence electrons. The van der Waals surface area contributed by atoms with Crippen molar-refractivity contribution in [3.8, 4) is 10.6 Å². The van der Waals surface area contributed by atoms with E-state index in [0.29, 0.717) is 0 Å². The number of amides is 1. The second-order valence-electron chi connectivity index (χ2n) is 9.07. The van der Waals surface area contributed by atoms with E-state index in [2.05, 4.69) is 42.3 Å². The van der Waals surface area contributed by atoms with Crippen molar-refractivity contribution in [1.29, 1.82) is 0 Å². The molecule has 3 heterocycles. The Labute approximate surface area is 208 Å². The van der Waals surface area contributed by atoms with Gasteiger partial charge in [-0.05, 0) is 61.5 Å². The number of para-hydroxylation sites is 1. The smallest absolute Gasteiger partial charge is 0.256 e. The SMILES string of the molecule is CCN1CCc2nc3ccccc3c(C(=O)Nc3ccc(-c4nc5ccc(C)cc5s4)cc3)c2C1. The lowest BCUT2D eigenvalue weighted by molar-refractivity contribution is 0.102. The van der Waals surface area contributed by atoms with E-state index in [0.717, 1.165) is 75.6 Å². The summed E-state index contributed by atoms with van der Waals surface area (Å²) in [6, 6.07) is 22.2. The molecule has 2 aromatic heterocycles. The molecule has 0 unspecified atom stereocenters. The lowest BCUT2D eigenvalue weighted by atomic mass is 9.95. The van der Waals surface area contributed by atoms with Gasteiger partial charge in [0.2, 0.25) is 0 Å². The first-order valence-electron chi connectivity index (χ1n) is 12.0. The van der Waals surface area contributed by atoms with Gasteiger partial charge in [0.25, 0.3) is 5.91 Å². The number of carbonyl (C=O) groups excluding carboxylic acids is 1. The van der Waals surface area contributed by atoms with E-state index in [4.69, 9.17) is 9.97 Å². The fourth-order valence-corrected chi connectivity index (χ4v) is 5.89. The monoisotopic (exact) mass is 478 g/mol. The molecule has 1 aliphatic rings. The third-order valence-electron chi connectivity index (χ3n) is 6.73. The lowest BCUT2D eigenvalue weighted by Crippen LogP contribution is -2.33. The minimum atomic E-state index is -0.0824.